The SMILES string of the molecule is CCCN1CCC(C(CN)c2cc(C)ccc2C)CC1. The van der Waals surface area contributed by atoms with E-state index in [0.29, 0.717) is 5.92 Å². The number of nitrogens with two attached hydrogens (primary N) is 1. The minimum Gasteiger partial charge on any atom is -0.330 e. The number of nitrogens with zero attached hydrogens (tertiary/aromatic N) is 1. The Balaban J connectivity index is 2.07. The highest BCUT2D eigenvalue weighted by atomic mass is 15.1. The van der Waals surface area contributed by atoms with E-state index < -0.39 is 0 Å². The van der Waals surface area contributed by atoms with Gasteiger partial charge in [-0.05, 0) is 82.3 Å². The summed E-state index contributed by atoms with van der Waals surface area (Å²) in [6.07, 6.45) is 3.87. The normalized spacial score (nSPS) is 19.2. The minimum absolute atomic E-state index is 0.540. The van der Waals surface area contributed by atoms with E-state index in [0.717, 1.165) is 12.5 Å². The van der Waals surface area contributed by atoms with Gasteiger partial charge in [0.05, 0.1) is 0 Å². The molecular weight excluding hydrogens is 244 g/mol. The summed E-state index contributed by atoms with van der Waals surface area (Å²) < 4.78 is 0. The highest BCUT2D eigenvalue weighted by Crippen LogP contribution is 2.34. The molecule has 2 heteroatoms. The monoisotopic (exact) mass is 274 g/mol. The molecule has 1 unspecified atom stereocenters. The molecule has 1 fully saturated rings. The molecule has 112 valence electrons. The fourth-order valence-electron chi connectivity index (χ4n) is 3.63. The van der Waals surface area contributed by atoms with Gasteiger partial charge in [0, 0.05) is 0 Å². The summed E-state index contributed by atoms with van der Waals surface area (Å²) in [5, 5.41) is 0. The molecule has 1 aromatic carbocycles. The van der Waals surface area contributed by atoms with Gasteiger partial charge in [0.2, 0.25) is 0 Å². The van der Waals surface area contributed by atoms with Gasteiger partial charge in [0.25, 0.3) is 0 Å². The van der Waals surface area contributed by atoms with Gasteiger partial charge in [-0.15, -0.1) is 0 Å². The summed E-state index contributed by atoms with van der Waals surface area (Å²) in [6, 6.07) is 6.81. The van der Waals surface area contributed by atoms with Crippen LogP contribution >= 0.6 is 0 Å². The topological polar surface area (TPSA) is 29.3 Å². The lowest BCUT2D eigenvalue weighted by Gasteiger charge is -2.36. The summed E-state index contributed by atoms with van der Waals surface area (Å²) in [5.74, 6) is 1.30. The van der Waals surface area contributed by atoms with Crippen molar-refractivity contribution in [3.8, 4) is 0 Å². The number of piperidine rings is 1. The number of benzene rings is 1. The Morgan fingerprint density at radius 2 is 1.95 bits per heavy atom. The molecule has 0 bridgehead atoms. The molecule has 1 saturated heterocycles. The number of rotatable bonds is 5. The molecule has 0 spiro atoms. The van der Waals surface area contributed by atoms with Crippen LogP contribution in [0.1, 0.15) is 48.8 Å². The molecule has 1 heterocycles. The average molecular weight is 274 g/mol. The molecule has 1 aliphatic rings. The summed E-state index contributed by atoms with van der Waals surface area (Å²) in [6.45, 7) is 11.2. The molecule has 0 aromatic heterocycles. The standard InChI is InChI=1S/C18H30N2/c1-4-9-20-10-7-16(8-11-20)18(13-19)17-12-14(2)5-6-15(17)3/h5-6,12,16,18H,4,7-11,13,19H2,1-3H3. The molecule has 0 saturated carbocycles. The van der Waals surface area contributed by atoms with Crippen LogP contribution in [-0.4, -0.2) is 31.1 Å². The van der Waals surface area contributed by atoms with Gasteiger partial charge in [0.15, 0.2) is 0 Å². The van der Waals surface area contributed by atoms with Crippen LogP contribution in [0.2, 0.25) is 0 Å². The lowest BCUT2D eigenvalue weighted by Crippen LogP contribution is -2.37. The summed E-state index contributed by atoms with van der Waals surface area (Å²) in [5.41, 5.74) is 10.4. The quantitative estimate of drug-likeness (QED) is 0.891. The molecular formula is C18H30N2. The van der Waals surface area contributed by atoms with Crippen molar-refractivity contribution in [1.29, 1.82) is 0 Å². The molecule has 2 nitrogen and oxygen atoms in total. The number of hydrogen-bond donors (Lipinski definition) is 1. The van der Waals surface area contributed by atoms with Crippen molar-refractivity contribution < 1.29 is 0 Å². The lowest BCUT2D eigenvalue weighted by atomic mass is 9.78. The highest BCUT2D eigenvalue weighted by Gasteiger charge is 2.27. The first kappa shape index (κ1) is 15.5. The fraction of sp³-hybridized carbons (Fsp3) is 0.667. The van der Waals surface area contributed by atoms with Gasteiger partial charge < -0.3 is 10.6 Å². The van der Waals surface area contributed by atoms with Crippen LogP contribution in [0.15, 0.2) is 18.2 Å². The van der Waals surface area contributed by atoms with Crippen molar-refractivity contribution >= 4 is 0 Å². The first-order valence-corrected chi connectivity index (χ1v) is 8.15. The molecule has 1 aliphatic heterocycles. The predicted molar refractivity (Wildman–Crippen MR) is 87.2 cm³/mol. The smallest absolute Gasteiger partial charge is 0.000545 e. The largest absolute Gasteiger partial charge is 0.330 e. The van der Waals surface area contributed by atoms with Crippen molar-refractivity contribution in [2.75, 3.05) is 26.2 Å². The molecule has 0 amide bonds. The first-order chi connectivity index (χ1) is 9.65. The van der Waals surface area contributed by atoms with Crippen molar-refractivity contribution in [3.63, 3.8) is 0 Å². The van der Waals surface area contributed by atoms with Gasteiger partial charge in [0.1, 0.15) is 0 Å². The third-order valence-electron chi connectivity index (χ3n) is 4.83. The zero-order valence-electron chi connectivity index (χ0n) is 13.4. The van der Waals surface area contributed by atoms with Gasteiger partial charge >= 0.3 is 0 Å². The van der Waals surface area contributed by atoms with Gasteiger partial charge in [-0.3, -0.25) is 0 Å². The fourth-order valence-corrected chi connectivity index (χ4v) is 3.63. The van der Waals surface area contributed by atoms with E-state index in [1.165, 1.54) is 55.6 Å². The van der Waals surface area contributed by atoms with Crippen LogP contribution in [0.5, 0.6) is 0 Å². The van der Waals surface area contributed by atoms with Crippen LogP contribution in [0.25, 0.3) is 0 Å². The van der Waals surface area contributed by atoms with Gasteiger partial charge in [-0.1, -0.05) is 30.7 Å². The molecule has 2 rings (SSSR count). The Morgan fingerprint density at radius 1 is 1.25 bits per heavy atom. The molecule has 2 N–H and O–H groups in total. The van der Waals surface area contributed by atoms with E-state index in [2.05, 4.69) is 43.9 Å². The van der Waals surface area contributed by atoms with E-state index >= 15 is 0 Å². The van der Waals surface area contributed by atoms with E-state index in [1.54, 1.807) is 0 Å². The second-order valence-corrected chi connectivity index (χ2v) is 6.38. The minimum atomic E-state index is 0.540. The third-order valence-corrected chi connectivity index (χ3v) is 4.83. The first-order valence-electron chi connectivity index (χ1n) is 8.15. The van der Waals surface area contributed by atoms with Crippen LogP contribution in [0, 0.1) is 19.8 Å². The summed E-state index contributed by atoms with van der Waals surface area (Å²) in [7, 11) is 0. The Bertz CT molecular complexity index is 419. The summed E-state index contributed by atoms with van der Waals surface area (Å²) >= 11 is 0. The molecule has 0 radical (unpaired) electrons. The van der Waals surface area contributed by atoms with Gasteiger partial charge in [-0.25, -0.2) is 0 Å². The number of hydrogen-bond acceptors (Lipinski definition) is 2. The zero-order chi connectivity index (χ0) is 14.5. The number of likely N-dealkylation sites (tertiary alicyclic amines) is 1. The molecule has 1 atom stereocenters. The van der Waals surface area contributed by atoms with Crippen LogP contribution in [-0.2, 0) is 0 Å². The zero-order valence-corrected chi connectivity index (χ0v) is 13.4. The predicted octanol–water partition coefficient (Wildman–Crippen LogP) is 3.47. The van der Waals surface area contributed by atoms with E-state index in [-0.39, 0.29) is 0 Å². The van der Waals surface area contributed by atoms with E-state index in [4.69, 9.17) is 5.73 Å². The second kappa shape index (κ2) is 7.24. The molecule has 20 heavy (non-hydrogen) atoms. The van der Waals surface area contributed by atoms with E-state index in [1.807, 2.05) is 0 Å². The Kier molecular flexibility index (Phi) is 5.62. The summed E-state index contributed by atoms with van der Waals surface area (Å²) in [4.78, 5) is 2.60. The lowest BCUT2D eigenvalue weighted by molar-refractivity contribution is 0.169. The molecule has 1 aromatic rings. The highest BCUT2D eigenvalue weighted by molar-refractivity contribution is 5.34. The van der Waals surface area contributed by atoms with Crippen molar-refractivity contribution in [3.05, 3.63) is 34.9 Å². The number of aryl methyl sites for hydroxylation is 2. The maximum absolute atomic E-state index is 6.13. The second-order valence-electron chi connectivity index (χ2n) is 6.38. The maximum atomic E-state index is 6.13. The third kappa shape index (κ3) is 3.62. The van der Waals surface area contributed by atoms with Gasteiger partial charge in [-0.2, -0.15) is 0 Å². The van der Waals surface area contributed by atoms with Crippen LogP contribution < -0.4 is 5.73 Å². The Hall–Kier alpha value is -0.860. The molecule has 0 aliphatic carbocycles. The van der Waals surface area contributed by atoms with Crippen molar-refractivity contribution in [2.24, 2.45) is 11.7 Å². The van der Waals surface area contributed by atoms with E-state index in [9.17, 15) is 0 Å². The van der Waals surface area contributed by atoms with Crippen molar-refractivity contribution in [2.45, 2.75) is 46.0 Å². The average Bonchev–Trinajstić information content (AvgIpc) is 2.45. The maximum Gasteiger partial charge on any atom is -0.000545 e. The van der Waals surface area contributed by atoms with Crippen LogP contribution in [0.3, 0.4) is 0 Å². The van der Waals surface area contributed by atoms with Crippen molar-refractivity contribution in [1.82, 2.24) is 4.90 Å². The Labute approximate surface area is 124 Å². The Morgan fingerprint density at radius 3 is 2.55 bits per heavy atom. The van der Waals surface area contributed by atoms with Crippen LogP contribution in [0.4, 0.5) is 0 Å².